The van der Waals surface area contributed by atoms with Gasteiger partial charge in [-0.1, -0.05) is 18.2 Å². The van der Waals surface area contributed by atoms with Gasteiger partial charge in [0.05, 0.1) is 11.2 Å². The zero-order chi connectivity index (χ0) is 12.5. The number of hydrogen-bond acceptors (Lipinski definition) is 2. The maximum absolute atomic E-state index is 12.9. The molecule has 2 aromatic carbocycles. The fourth-order valence-corrected chi connectivity index (χ4v) is 1.97. The third-order valence-electron chi connectivity index (χ3n) is 2.89. The van der Waals surface area contributed by atoms with Crippen LogP contribution in [0.3, 0.4) is 0 Å². The number of para-hydroxylation sites is 1. The van der Waals surface area contributed by atoms with E-state index in [-0.39, 0.29) is 5.82 Å². The zero-order valence-corrected chi connectivity index (χ0v) is 9.60. The van der Waals surface area contributed by atoms with Gasteiger partial charge in [-0.05, 0) is 36.4 Å². The van der Waals surface area contributed by atoms with Gasteiger partial charge in [0.1, 0.15) is 5.82 Å². The van der Waals surface area contributed by atoms with Crippen LogP contribution in [0.25, 0.3) is 22.2 Å². The second-order valence-corrected chi connectivity index (χ2v) is 4.12. The zero-order valence-electron chi connectivity index (χ0n) is 9.60. The van der Waals surface area contributed by atoms with Crippen LogP contribution in [0.15, 0.2) is 54.6 Å². The standard InChI is InChI=1S/C15H11FN2/c16-11-7-5-10(6-8-11)15-9-13(17)12-3-1-2-4-14(12)18-15/h1-9H,(H2,17,18). The average molecular weight is 238 g/mol. The minimum absolute atomic E-state index is 0.257. The van der Waals surface area contributed by atoms with E-state index < -0.39 is 0 Å². The van der Waals surface area contributed by atoms with Crippen LogP contribution in [0.4, 0.5) is 10.1 Å². The molecule has 88 valence electrons. The number of anilines is 1. The smallest absolute Gasteiger partial charge is 0.123 e. The van der Waals surface area contributed by atoms with Crippen molar-refractivity contribution in [3.8, 4) is 11.3 Å². The second kappa shape index (κ2) is 4.11. The predicted molar refractivity (Wildman–Crippen MR) is 71.5 cm³/mol. The number of nitrogens with two attached hydrogens (primary N) is 1. The first-order chi connectivity index (χ1) is 8.74. The summed E-state index contributed by atoms with van der Waals surface area (Å²) in [7, 11) is 0. The molecule has 0 bridgehead atoms. The molecule has 0 aliphatic heterocycles. The topological polar surface area (TPSA) is 38.9 Å². The number of nitrogens with zero attached hydrogens (tertiary/aromatic N) is 1. The molecule has 0 atom stereocenters. The molecule has 1 heterocycles. The molecule has 18 heavy (non-hydrogen) atoms. The SMILES string of the molecule is Nc1cc(-c2ccc(F)cc2)nc2ccccc12. The summed E-state index contributed by atoms with van der Waals surface area (Å²) < 4.78 is 12.9. The lowest BCUT2D eigenvalue weighted by molar-refractivity contribution is 0.628. The van der Waals surface area contributed by atoms with Crippen molar-refractivity contribution in [1.29, 1.82) is 0 Å². The van der Waals surface area contributed by atoms with Gasteiger partial charge in [0.25, 0.3) is 0 Å². The molecule has 0 fully saturated rings. The van der Waals surface area contributed by atoms with Gasteiger partial charge in [0, 0.05) is 16.6 Å². The van der Waals surface area contributed by atoms with Crippen molar-refractivity contribution in [2.45, 2.75) is 0 Å². The van der Waals surface area contributed by atoms with Gasteiger partial charge in [0.15, 0.2) is 0 Å². The van der Waals surface area contributed by atoms with E-state index >= 15 is 0 Å². The Balaban J connectivity index is 2.21. The van der Waals surface area contributed by atoms with Gasteiger partial charge in [-0.25, -0.2) is 9.37 Å². The highest BCUT2D eigenvalue weighted by atomic mass is 19.1. The molecule has 2 N–H and O–H groups in total. The molecule has 2 nitrogen and oxygen atoms in total. The van der Waals surface area contributed by atoms with Crippen LogP contribution in [0.5, 0.6) is 0 Å². The van der Waals surface area contributed by atoms with Crippen LogP contribution in [0.2, 0.25) is 0 Å². The quantitative estimate of drug-likeness (QED) is 0.703. The second-order valence-electron chi connectivity index (χ2n) is 4.12. The fourth-order valence-electron chi connectivity index (χ4n) is 1.97. The summed E-state index contributed by atoms with van der Waals surface area (Å²) in [6.07, 6.45) is 0. The van der Waals surface area contributed by atoms with Crippen molar-refractivity contribution < 1.29 is 4.39 Å². The molecule has 0 amide bonds. The van der Waals surface area contributed by atoms with Gasteiger partial charge in [-0.3, -0.25) is 0 Å². The first kappa shape index (κ1) is 10.7. The van der Waals surface area contributed by atoms with Crippen LogP contribution in [-0.2, 0) is 0 Å². The Hall–Kier alpha value is -2.42. The Morgan fingerprint density at radius 2 is 1.67 bits per heavy atom. The minimum atomic E-state index is -0.257. The van der Waals surface area contributed by atoms with Crippen LogP contribution in [-0.4, -0.2) is 4.98 Å². The molecule has 0 radical (unpaired) electrons. The predicted octanol–water partition coefficient (Wildman–Crippen LogP) is 3.62. The van der Waals surface area contributed by atoms with Gasteiger partial charge < -0.3 is 5.73 Å². The van der Waals surface area contributed by atoms with E-state index in [0.717, 1.165) is 22.2 Å². The third-order valence-corrected chi connectivity index (χ3v) is 2.89. The minimum Gasteiger partial charge on any atom is -0.398 e. The van der Waals surface area contributed by atoms with Gasteiger partial charge in [0.2, 0.25) is 0 Å². The van der Waals surface area contributed by atoms with E-state index in [0.29, 0.717) is 5.69 Å². The molecule has 0 unspecified atom stereocenters. The molecule has 0 aliphatic rings. The number of hydrogen-bond donors (Lipinski definition) is 1. The highest BCUT2D eigenvalue weighted by Crippen LogP contribution is 2.26. The molecule has 3 heteroatoms. The lowest BCUT2D eigenvalue weighted by Gasteiger charge is -2.06. The maximum atomic E-state index is 12.9. The Labute approximate surface area is 104 Å². The molecule has 0 aliphatic carbocycles. The lowest BCUT2D eigenvalue weighted by Crippen LogP contribution is -1.92. The molecule has 1 aromatic heterocycles. The first-order valence-corrected chi connectivity index (χ1v) is 5.65. The van der Waals surface area contributed by atoms with Crippen molar-refractivity contribution in [1.82, 2.24) is 4.98 Å². The number of aromatic nitrogens is 1. The highest BCUT2D eigenvalue weighted by molar-refractivity contribution is 5.92. The van der Waals surface area contributed by atoms with E-state index in [9.17, 15) is 4.39 Å². The van der Waals surface area contributed by atoms with Crippen molar-refractivity contribution in [3.05, 3.63) is 60.4 Å². The number of pyridine rings is 1. The van der Waals surface area contributed by atoms with Gasteiger partial charge in [-0.2, -0.15) is 0 Å². The van der Waals surface area contributed by atoms with E-state index in [4.69, 9.17) is 5.73 Å². The monoisotopic (exact) mass is 238 g/mol. The Kier molecular flexibility index (Phi) is 2.45. The molecular weight excluding hydrogens is 227 g/mol. The largest absolute Gasteiger partial charge is 0.398 e. The Bertz CT molecular complexity index is 705. The fraction of sp³-hybridized carbons (Fsp3) is 0. The molecular formula is C15H11FN2. The lowest BCUT2D eigenvalue weighted by atomic mass is 10.1. The first-order valence-electron chi connectivity index (χ1n) is 5.65. The van der Waals surface area contributed by atoms with E-state index in [1.165, 1.54) is 12.1 Å². The molecule has 3 rings (SSSR count). The maximum Gasteiger partial charge on any atom is 0.123 e. The summed E-state index contributed by atoms with van der Waals surface area (Å²) in [6, 6.07) is 15.8. The summed E-state index contributed by atoms with van der Waals surface area (Å²) in [4.78, 5) is 4.53. The van der Waals surface area contributed by atoms with Gasteiger partial charge >= 0.3 is 0 Å². The highest BCUT2D eigenvalue weighted by Gasteiger charge is 2.05. The molecule has 0 spiro atoms. The van der Waals surface area contributed by atoms with E-state index in [1.807, 2.05) is 30.3 Å². The van der Waals surface area contributed by atoms with Crippen molar-refractivity contribution >= 4 is 16.6 Å². The summed E-state index contributed by atoms with van der Waals surface area (Å²) in [6.45, 7) is 0. The molecule has 0 saturated carbocycles. The van der Waals surface area contributed by atoms with Crippen LogP contribution >= 0.6 is 0 Å². The number of halogens is 1. The number of rotatable bonds is 1. The number of benzene rings is 2. The summed E-state index contributed by atoms with van der Waals surface area (Å²) in [5.41, 5.74) is 9.15. The third kappa shape index (κ3) is 1.80. The summed E-state index contributed by atoms with van der Waals surface area (Å²) in [5, 5.41) is 0.934. The van der Waals surface area contributed by atoms with Crippen LogP contribution in [0, 0.1) is 5.82 Å². The number of fused-ring (bicyclic) bond motifs is 1. The number of nitrogen functional groups attached to an aromatic ring is 1. The normalized spacial score (nSPS) is 10.7. The molecule has 3 aromatic rings. The average Bonchev–Trinajstić information content (AvgIpc) is 2.39. The Morgan fingerprint density at radius 1 is 0.944 bits per heavy atom. The van der Waals surface area contributed by atoms with Crippen LogP contribution < -0.4 is 5.73 Å². The van der Waals surface area contributed by atoms with E-state index in [1.54, 1.807) is 12.1 Å². The summed E-state index contributed by atoms with van der Waals surface area (Å²) >= 11 is 0. The van der Waals surface area contributed by atoms with Crippen LogP contribution in [0.1, 0.15) is 0 Å². The van der Waals surface area contributed by atoms with E-state index in [2.05, 4.69) is 4.98 Å². The molecule has 0 saturated heterocycles. The summed E-state index contributed by atoms with van der Waals surface area (Å²) in [5.74, 6) is -0.257. The van der Waals surface area contributed by atoms with Gasteiger partial charge in [-0.15, -0.1) is 0 Å². The van der Waals surface area contributed by atoms with Crippen molar-refractivity contribution in [3.63, 3.8) is 0 Å². The van der Waals surface area contributed by atoms with Crippen molar-refractivity contribution in [2.75, 3.05) is 5.73 Å². The Morgan fingerprint density at radius 3 is 2.44 bits per heavy atom. The van der Waals surface area contributed by atoms with Crippen molar-refractivity contribution in [2.24, 2.45) is 0 Å².